The van der Waals surface area contributed by atoms with Gasteiger partial charge in [-0.15, -0.1) is 11.8 Å². The quantitative estimate of drug-likeness (QED) is 0.774. The number of hydrogen-bond donors (Lipinski definition) is 1. The van der Waals surface area contributed by atoms with Crippen molar-refractivity contribution in [1.82, 2.24) is 15.1 Å². The Morgan fingerprint density at radius 3 is 2.52 bits per heavy atom. The molecule has 1 aromatic rings. The van der Waals surface area contributed by atoms with Crippen LogP contribution in [0, 0.1) is 0 Å². The number of thioether (sulfide) groups is 1. The number of carbonyl (C=O) groups is 2. The molecule has 150 valence electrons. The van der Waals surface area contributed by atoms with Gasteiger partial charge in [-0.3, -0.25) is 4.79 Å². The molecule has 1 aliphatic heterocycles. The molecule has 0 saturated carbocycles. The first-order valence-electron chi connectivity index (χ1n) is 9.30. The number of benzene rings is 1. The number of urea groups is 1. The average molecular weight is 412 g/mol. The molecule has 1 saturated heterocycles. The van der Waals surface area contributed by atoms with E-state index < -0.39 is 0 Å². The van der Waals surface area contributed by atoms with Gasteiger partial charge in [0.25, 0.3) is 0 Å². The van der Waals surface area contributed by atoms with Gasteiger partial charge in [0, 0.05) is 35.3 Å². The minimum Gasteiger partial charge on any atom is -0.333 e. The van der Waals surface area contributed by atoms with Crippen LogP contribution in [0.2, 0.25) is 5.02 Å². The average Bonchev–Trinajstić information content (AvgIpc) is 2.81. The molecule has 1 heterocycles. The zero-order chi connectivity index (χ0) is 20.4. The lowest BCUT2D eigenvalue weighted by molar-refractivity contribution is -0.130. The Hall–Kier alpha value is -1.40. The summed E-state index contributed by atoms with van der Waals surface area (Å²) in [5.41, 5.74) is 0.634. The van der Waals surface area contributed by atoms with E-state index in [1.807, 2.05) is 70.7 Å². The highest BCUT2D eigenvalue weighted by Crippen LogP contribution is 2.44. The Labute approximate surface area is 171 Å². The van der Waals surface area contributed by atoms with Gasteiger partial charge in [0.15, 0.2) is 0 Å². The maximum atomic E-state index is 12.7. The van der Waals surface area contributed by atoms with Crippen LogP contribution in [0.5, 0.6) is 0 Å². The van der Waals surface area contributed by atoms with Gasteiger partial charge in [0.2, 0.25) is 5.91 Å². The lowest BCUT2D eigenvalue weighted by Crippen LogP contribution is -2.52. The highest BCUT2D eigenvalue weighted by atomic mass is 35.5. The fourth-order valence-electron chi connectivity index (χ4n) is 3.02. The zero-order valence-electron chi connectivity index (χ0n) is 17.0. The molecule has 3 amide bonds. The minimum absolute atomic E-state index is 0.0360. The Bertz CT molecular complexity index is 690. The summed E-state index contributed by atoms with van der Waals surface area (Å²) in [5, 5.41) is 3.42. The van der Waals surface area contributed by atoms with Crippen LogP contribution in [-0.4, -0.2) is 51.7 Å². The molecule has 0 aromatic heterocycles. The van der Waals surface area contributed by atoms with Crippen LogP contribution >= 0.6 is 23.4 Å². The number of rotatable bonds is 5. The first kappa shape index (κ1) is 21.9. The summed E-state index contributed by atoms with van der Waals surface area (Å²) in [6.45, 7) is 12.7. The first-order valence-corrected chi connectivity index (χ1v) is 10.6. The Kier molecular flexibility index (Phi) is 7.09. The SMILES string of the molecule is CC1SC(c2ccccc2Cl)N(CCN(C(=O)NC(C)(C)C)C(C)C)C1=O. The van der Waals surface area contributed by atoms with E-state index in [1.165, 1.54) is 0 Å². The van der Waals surface area contributed by atoms with Crippen molar-refractivity contribution in [2.45, 2.75) is 63.7 Å². The molecule has 2 unspecified atom stereocenters. The lowest BCUT2D eigenvalue weighted by atomic mass is 10.1. The summed E-state index contributed by atoms with van der Waals surface area (Å²) in [7, 11) is 0. The van der Waals surface area contributed by atoms with E-state index in [-0.39, 0.29) is 34.1 Å². The molecule has 1 fully saturated rings. The van der Waals surface area contributed by atoms with Gasteiger partial charge in [-0.2, -0.15) is 0 Å². The van der Waals surface area contributed by atoms with Crippen LogP contribution in [0.15, 0.2) is 24.3 Å². The second-order valence-corrected chi connectivity index (χ2v) is 9.98. The van der Waals surface area contributed by atoms with Crippen LogP contribution < -0.4 is 5.32 Å². The second-order valence-electron chi connectivity index (χ2n) is 8.15. The molecule has 2 rings (SSSR count). The molecule has 0 bridgehead atoms. The second kappa shape index (κ2) is 8.74. The van der Waals surface area contributed by atoms with Crippen molar-refractivity contribution in [3.8, 4) is 0 Å². The predicted molar refractivity (Wildman–Crippen MR) is 113 cm³/mol. The summed E-state index contributed by atoms with van der Waals surface area (Å²) in [6.07, 6.45) is 0. The molecule has 1 N–H and O–H groups in total. The molecule has 5 nitrogen and oxygen atoms in total. The molecular weight excluding hydrogens is 382 g/mol. The predicted octanol–water partition coefficient (Wildman–Crippen LogP) is 4.52. The summed E-state index contributed by atoms with van der Waals surface area (Å²) in [4.78, 5) is 29.0. The van der Waals surface area contributed by atoms with E-state index in [2.05, 4.69) is 5.32 Å². The summed E-state index contributed by atoms with van der Waals surface area (Å²) >= 11 is 7.98. The molecule has 0 radical (unpaired) electrons. The van der Waals surface area contributed by atoms with Gasteiger partial charge in [0.1, 0.15) is 5.37 Å². The number of nitrogens with one attached hydrogen (secondary N) is 1. The number of halogens is 1. The van der Waals surface area contributed by atoms with Crippen LogP contribution in [-0.2, 0) is 4.79 Å². The monoisotopic (exact) mass is 411 g/mol. The number of nitrogens with zero attached hydrogens (tertiary/aromatic N) is 2. The molecule has 27 heavy (non-hydrogen) atoms. The maximum Gasteiger partial charge on any atom is 0.318 e. The number of carbonyl (C=O) groups excluding carboxylic acids is 2. The molecule has 2 atom stereocenters. The highest BCUT2D eigenvalue weighted by Gasteiger charge is 2.39. The van der Waals surface area contributed by atoms with Crippen molar-refractivity contribution >= 4 is 35.3 Å². The normalized spacial score (nSPS) is 20.3. The van der Waals surface area contributed by atoms with Gasteiger partial charge in [0.05, 0.1) is 5.25 Å². The van der Waals surface area contributed by atoms with E-state index in [1.54, 1.807) is 16.7 Å². The van der Waals surface area contributed by atoms with Crippen molar-refractivity contribution in [2.75, 3.05) is 13.1 Å². The van der Waals surface area contributed by atoms with Gasteiger partial charge in [-0.05, 0) is 47.6 Å². The van der Waals surface area contributed by atoms with E-state index >= 15 is 0 Å². The topological polar surface area (TPSA) is 52.6 Å². The highest BCUT2D eigenvalue weighted by molar-refractivity contribution is 8.01. The lowest BCUT2D eigenvalue weighted by Gasteiger charge is -2.33. The van der Waals surface area contributed by atoms with Gasteiger partial charge in [-0.1, -0.05) is 29.8 Å². The standard InChI is InChI=1S/C20H30ClN3O2S/c1-13(2)23(19(26)22-20(4,5)6)11-12-24-17(25)14(3)27-18(24)15-9-7-8-10-16(15)21/h7-10,13-14,18H,11-12H2,1-6H3,(H,22,26). The third-order valence-electron chi connectivity index (χ3n) is 4.37. The fraction of sp³-hybridized carbons (Fsp3) is 0.600. The van der Waals surface area contributed by atoms with Crippen molar-refractivity contribution in [3.63, 3.8) is 0 Å². The smallest absolute Gasteiger partial charge is 0.318 e. The van der Waals surface area contributed by atoms with E-state index in [9.17, 15) is 9.59 Å². The van der Waals surface area contributed by atoms with E-state index in [0.29, 0.717) is 18.1 Å². The molecular formula is C20H30ClN3O2S. The minimum atomic E-state index is -0.307. The third-order valence-corrected chi connectivity index (χ3v) is 6.09. The molecule has 1 aliphatic rings. The van der Waals surface area contributed by atoms with Crippen LogP contribution in [0.25, 0.3) is 0 Å². The summed E-state index contributed by atoms with van der Waals surface area (Å²) in [5.74, 6) is 0.0878. The first-order chi connectivity index (χ1) is 12.5. The number of hydrogen-bond acceptors (Lipinski definition) is 3. The van der Waals surface area contributed by atoms with Crippen LogP contribution in [0.1, 0.15) is 52.5 Å². The van der Waals surface area contributed by atoms with Gasteiger partial charge < -0.3 is 15.1 Å². The molecule has 7 heteroatoms. The Morgan fingerprint density at radius 2 is 1.96 bits per heavy atom. The maximum absolute atomic E-state index is 12.7. The summed E-state index contributed by atoms with van der Waals surface area (Å²) in [6, 6.07) is 7.56. The Balaban J connectivity index is 2.15. The fourth-order valence-corrected chi connectivity index (χ4v) is 4.67. The van der Waals surface area contributed by atoms with E-state index in [4.69, 9.17) is 11.6 Å². The third kappa shape index (κ3) is 5.55. The Morgan fingerprint density at radius 1 is 1.33 bits per heavy atom. The van der Waals surface area contributed by atoms with Crippen LogP contribution in [0.4, 0.5) is 4.79 Å². The van der Waals surface area contributed by atoms with E-state index in [0.717, 1.165) is 5.56 Å². The van der Waals surface area contributed by atoms with Gasteiger partial charge >= 0.3 is 6.03 Å². The number of amides is 3. The molecule has 1 aromatic carbocycles. The van der Waals surface area contributed by atoms with Crippen molar-refractivity contribution in [3.05, 3.63) is 34.9 Å². The van der Waals surface area contributed by atoms with Crippen molar-refractivity contribution in [1.29, 1.82) is 0 Å². The van der Waals surface area contributed by atoms with Crippen molar-refractivity contribution in [2.24, 2.45) is 0 Å². The zero-order valence-corrected chi connectivity index (χ0v) is 18.5. The van der Waals surface area contributed by atoms with Gasteiger partial charge in [-0.25, -0.2) is 4.79 Å². The van der Waals surface area contributed by atoms with Crippen molar-refractivity contribution < 1.29 is 9.59 Å². The largest absolute Gasteiger partial charge is 0.333 e. The summed E-state index contributed by atoms with van der Waals surface area (Å²) < 4.78 is 0. The molecule has 0 spiro atoms. The van der Waals surface area contributed by atoms with Crippen LogP contribution in [0.3, 0.4) is 0 Å². The molecule has 0 aliphatic carbocycles.